The lowest BCUT2D eigenvalue weighted by atomic mass is 9.71. The molecule has 30 heavy (non-hydrogen) atoms. The molecule has 176 valence electrons. The van der Waals surface area contributed by atoms with E-state index in [1.54, 1.807) is 0 Å². The minimum absolute atomic E-state index is 0.393. The molecule has 0 saturated carbocycles. The van der Waals surface area contributed by atoms with E-state index >= 15 is 0 Å². The fourth-order valence-electron chi connectivity index (χ4n) is 7.68. The van der Waals surface area contributed by atoms with E-state index in [-0.39, 0.29) is 0 Å². The Balaban J connectivity index is 1.59. The fourth-order valence-corrected chi connectivity index (χ4v) is 7.68. The van der Waals surface area contributed by atoms with Gasteiger partial charge in [-0.05, 0) is 86.7 Å². The summed E-state index contributed by atoms with van der Waals surface area (Å²) in [5, 5.41) is 3.78. The van der Waals surface area contributed by atoms with Gasteiger partial charge in [0.2, 0.25) is 0 Å². The molecule has 0 spiro atoms. The molecular weight excluding hydrogens is 366 g/mol. The Morgan fingerprint density at radius 2 is 1.43 bits per heavy atom. The lowest BCUT2D eigenvalue weighted by Crippen LogP contribution is -2.40. The summed E-state index contributed by atoms with van der Waals surface area (Å²) >= 11 is 0. The van der Waals surface area contributed by atoms with Crippen LogP contribution in [0.2, 0.25) is 0 Å². The predicted molar refractivity (Wildman–Crippen MR) is 131 cm³/mol. The standard InChI is InChI=1S/C27H53N3/c1-10-30-19-21(14-23(30)25(2,3)4)17-27(7,8)24-15-20(18-29(24)9)16-26(5,6)22-12-11-13-28-22/h20-24,28H,10-19H2,1-9H3. The molecule has 3 aliphatic heterocycles. The van der Waals surface area contributed by atoms with E-state index in [1.165, 1.54) is 64.7 Å². The summed E-state index contributed by atoms with van der Waals surface area (Å²) in [5.74, 6) is 1.71. The van der Waals surface area contributed by atoms with Crippen molar-refractivity contribution in [1.82, 2.24) is 15.1 Å². The monoisotopic (exact) mass is 419 g/mol. The average molecular weight is 420 g/mol. The summed E-state index contributed by atoms with van der Waals surface area (Å²) in [5.41, 5.74) is 1.22. The third kappa shape index (κ3) is 5.44. The predicted octanol–water partition coefficient (Wildman–Crippen LogP) is 5.65. The first kappa shape index (κ1) is 24.5. The van der Waals surface area contributed by atoms with Crippen LogP contribution in [0.3, 0.4) is 0 Å². The summed E-state index contributed by atoms with van der Waals surface area (Å²) in [6.45, 7) is 24.8. The van der Waals surface area contributed by atoms with Gasteiger partial charge in [0.1, 0.15) is 0 Å². The van der Waals surface area contributed by atoms with Crippen LogP contribution in [0.5, 0.6) is 0 Å². The van der Waals surface area contributed by atoms with Gasteiger partial charge < -0.3 is 10.2 Å². The van der Waals surface area contributed by atoms with Crippen molar-refractivity contribution in [2.45, 2.75) is 112 Å². The highest BCUT2D eigenvalue weighted by Crippen LogP contribution is 2.46. The highest BCUT2D eigenvalue weighted by molar-refractivity contribution is 5.00. The first-order valence-corrected chi connectivity index (χ1v) is 13.0. The number of nitrogens with zero attached hydrogens (tertiary/aromatic N) is 2. The average Bonchev–Trinajstić information content (AvgIpc) is 3.33. The minimum atomic E-state index is 0.393. The fraction of sp³-hybridized carbons (Fsp3) is 1.00. The van der Waals surface area contributed by atoms with Crippen molar-refractivity contribution in [3.63, 3.8) is 0 Å². The van der Waals surface area contributed by atoms with Gasteiger partial charge in [0.25, 0.3) is 0 Å². The van der Waals surface area contributed by atoms with Crippen LogP contribution in [0.15, 0.2) is 0 Å². The second-order valence-corrected chi connectivity index (χ2v) is 13.7. The molecule has 0 aromatic rings. The van der Waals surface area contributed by atoms with E-state index < -0.39 is 0 Å². The van der Waals surface area contributed by atoms with Gasteiger partial charge in [0.05, 0.1) is 0 Å². The lowest BCUT2D eigenvalue weighted by Gasteiger charge is -2.38. The maximum atomic E-state index is 3.78. The highest BCUT2D eigenvalue weighted by atomic mass is 15.2. The number of rotatable bonds is 7. The van der Waals surface area contributed by atoms with Crippen molar-refractivity contribution < 1.29 is 0 Å². The second kappa shape index (κ2) is 9.02. The molecule has 0 aromatic heterocycles. The Morgan fingerprint density at radius 3 is 1.97 bits per heavy atom. The van der Waals surface area contributed by atoms with Gasteiger partial charge in [-0.3, -0.25) is 4.90 Å². The summed E-state index contributed by atoms with van der Waals surface area (Å²) in [6.07, 6.45) is 8.27. The van der Waals surface area contributed by atoms with E-state index in [4.69, 9.17) is 0 Å². The van der Waals surface area contributed by atoms with Crippen LogP contribution in [0.1, 0.15) is 93.9 Å². The summed E-state index contributed by atoms with van der Waals surface area (Å²) < 4.78 is 0. The smallest absolute Gasteiger partial charge is 0.0147 e. The Morgan fingerprint density at radius 1 is 0.833 bits per heavy atom. The molecule has 5 unspecified atom stereocenters. The molecule has 3 saturated heterocycles. The highest BCUT2D eigenvalue weighted by Gasteiger charge is 2.46. The minimum Gasteiger partial charge on any atom is -0.313 e. The first-order chi connectivity index (χ1) is 13.8. The van der Waals surface area contributed by atoms with Crippen molar-refractivity contribution in [3.8, 4) is 0 Å². The molecule has 3 fully saturated rings. The van der Waals surface area contributed by atoms with E-state index in [0.29, 0.717) is 16.2 Å². The van der Waals surface area contributed by atoms with Crippen molar-refractivity contribution in [2.24, 2.45) is 28.1 Å². The largest absolute Gasteiger partial charge is 0.313 e. The van der Waals surface area contributed by atoms with E-state index in [0.717, 1.165) is 30.0 Å². The summed E-state index contributed by atoms with van der Waals surface area (Å²) in [4.78, 5) is 5.48. The maximum Gasteiger partial charge on any atom is 0.0147 e. The number of likely N-dealkylation sites (tertiary alicyclic amines) is 2. The van der Waals surface area contributed by atoms with Gasteiger partial charge in [0.15, 0.2) is 0 Å². The molecule has 0 radical (unpaired) electrons. The summed E-state index contributed by atoms with van der Waals surface area (Å²) in [6, 6.07) is 2.21. The van der Waals surface area contributed by atoms with Crippen LogP contribution in [-0.4, -0.2) is 61.2 Å². The third-order valence-electron chi connectivity index (χ3n) is 9.07. The lowest BCUT2D eigenvalue weighted by molar-refractivity contribution is 0.120. The van der Waals surface area contributed by atoms with Crippen molar-refractivity contribution in [1.29, 1.82) is 0 Å². The molecular formula is C27H53N3. The van der Waals surface area contributed by atoms with Gasteiger partial charge >= 0.3 is 0 Å². The van der Waals surface area contributed by atoms with Crippen molar-refractivity contribution in [3.05, 3.63) is 0 Å². The molecule has 1 N–H and O–H groups in total. The Hall–Kier alpha value is -0.120. The van der Waals surface area contributed by atoms with Crippen molar-refractivity contribution in [2.75, 3.05) is 33.2 Å². The molecule has 0 bridgehead atoms. The molecule has 3 aliphatic rings. The normalized spacial score (nSPS) is 34.9. The van der Waals surface area contributed by atoms with E-state index in [2.05, 4.69) is 77.6 Å². The van der Waals surface area contributed by atoms with Crippen LogP contribution < -0.4 is 5.32 Å². The molecule has 3 nitrogen and oxygen atoms in total. The zero-order chi connectivity index (χ0) is 22.3. The number of hydrogen-bond donors (Lipinski definition) is 1. The van der Waals surface area contributed by atoms with Gasteiger partial charge in [-0.1, -0.05) is 55.4 Å². The molecule has 3 heteroatoms. The van der Waals surface area contributed by atoms with E-state index in [1.807, 2.05) is 0 Å². The SMILES string of the molecule is CCN1CC(CC(C)(C)C2CC(CC(C)(C)C3CCCN3)CN2C)CC1C(C)(C)C. The topological polar surface area (TPSA) is 18.5 Å². The molecule has 3 rings (SSSR count). The van der Waals surface area contributed by atoms with Crippen molar-refractivity contribution >= 4 is 0 Å². The van der Waals surface area contributed by atoms with Crippen LogP contribution in [0.4, 0.5) is 0 Å². The third-order valence-corrected chi connectivity index (χ3v) is 9.07. The van der Waals surface area contributed by atoms with Gasteiger partial charge in [-0.2, -0.15) is 0 Å². The maximum absolute atomic E-state index is 3.78. The quantitative estimate of drug-likeness (QED) is 0.575. The Kier molecular flexibility index (Phi) is 7.37. The zero-order valence-corrected chi connectivity index (χ0v) is 21.9. The Bertz CT molecular complexity index is 555. The first-order valence-electron chi connectivity index (χ1n) is 13.0. The van der Waals surface area contributed by atoms with Crippen LogP contribution in [0.25, 0.3) is 0 Å². The zero-order valence-electron chi connectivity index (χ0n) is 21.9. The number of hydrogen-bond acceptors (Lipinski definition) is 3. The van der Waals surface area contributed by atoms with Gasteiger partial charge in [-0.25, -0.2) is 0 Å². The van der Waals surface area contributed by atoms with Gasteiger partial charge in [-0.15, -0.1) is 0 Å². The van der Waals surface area contributed by atoms with Crippen LogP contribution in [-0.2, 0) is 0 Å². The number of nitrogens with one attached hydrogen (secondary N) is 1. The van der Waals surface area contributed by atoms with Gasteiger partial charge in [0, 0.05) is 31.2 Å². The Labute approximate surface area is 188 Å². The molecule has 5 atom stereocenters. The molecule has 0 aliphatic carbocycles. The van der Waals surface area contributed by atoms with E-state index in [9.17, 15) is 0 Å². The second-order valence-electron chi connectivity index (χ2n) is 13.7. The van der Waals surface area contributed by atoms with Crippen LogP contribution >= 0.6 is 0 Å². The molecule has 0 aromatic carbocycles. The van der Waals surface area contributed by atoms with Crippen LogP contribution in [0, 0.1) is 28.1 Å². The molecule has 3 heterocycles. The molecule has 0 amide bonds. The summed E-state index contributed by atoms with van der Waals surface area (Å²) in [7, 11) is 2.40.